The molecule has 0 unspecified atom stereocenters. The van der Waals surface area contributed by atoms with Crippen LogP contribution in [-0.4, -0.2) is 42.0 Å². The third kappa shape index (κ3) is 3.33. The minimum absolute atomic E-state index is 0.230. The quantitative estimate of drug-likeness (QED) is 0.813. The Morgan fingerprint density at radius 1 is 1.36 bits per heavy atom. The number of benzene rings is 1. The van der Waals surface area contributed by atoms with E-state index in [-0.39, 0.29) is 5.91 Å². The van der Waals surface area contributed by atoms with E-state index in [4.69, 9.17) is 0 Å². The number of thiazole rings is 1. The average Bonchev–Trinajstić information content (AvgIpc) is 2.98. The predicted molar refractivity (Wildman–Crippen MR) is 85.9 cm³/mol. The van der Waals surface area contributed by atoms with Crippen LogP contribution in [-0.2, 0) is 9.53 Å². The molecule has 0 aliphatic carbocycles. The van der Waals surface area contributed by atoms with Gasteiger partial charge in [-0.15, -0.1) is 11.3 Å². The minimum Gasteiger partial charge on any atom is -0.467 e. The number of hydrogen-bond acceptors (Lipinski definition) is 5. The van der Waals surface area contributed by atoms with Gasteiger partial charge in [0.25, 0.3) is 5.91 Å². The van der Waals surface area contributed by atoms with Crippen molar-refractivity contribution in [1.82, 2.24) is 9.88 Å². The van der Waals surface area contributed by atoms with Gasteiger partial charge in [-0.25, -0.2) is 9.78 Å². The highest BCUT2D eigenvalue weighted by Crippen LogP contribution is 2.23. The molecule has 1 aromatic heterocycles. The van der Waals surface area contributed by atoms with Crippen molar-refractivity contribution in [1.29, 1.82) is 0 Å². The van der Waals surface area contributed by atoms with Gasteiger partial charge >= 0.3 is 5.97 Å². The molecule has 0 saturated heterocycles. The monoisotopic (exact) mass is 318 g/mol. The molecule has 0 aliphatic heterocycles. The third-order valence-corrected chi connectivity index (χ3v) is 4.24. The van der Waals surface area contributed by atoms with Crippen molar-refractivity contribution in [3.05, 3.63) is 40.2 Å². The van der Waals surface area contributed by atoms with E-state index in [1.54, 1.807) is 37.4 Å². The summed E-state index contributed by atoms with van der Waals surface area (Å²) >= 11 is 1.56. The largest absolute Gasteiger partial charge is 0.467 e. The number of aromatic nitrogens is 1. The lowest BCUT2D eigenvalue weighted by atomic mass is 10.1. The first kappa shape index (κ1) is 16.2. The SMILES string of the molecule is COC(=O)[C@H](C)N(C)C(=O)c1cccc(-c2csc(C)n2)c1. The number of aryl methyl sites for hydroxylation is 1. The van der Waals surface area contributed by atoms with Gasteiger partial charge < -0.3 is 9.64 Å². The Bertz CT molecular complexity index is 696. The Balaban J connectivity index is 2.25. The first-order valence-electron chi connectivity index (χ1n) is 6.81. The number of ether oxygens (including phenoxy) is 1. The Hall–Kier alpha value is -2.21. The van der Waals surface area contributed by atoms with Gasteiger partial charge in [0.15, 0.2) is 0 Å². The molecular weight excluding hydrogens is 300 g/mol. The summed E-state index contributed by atoms with van der Waals surface area (Å²) in [5.41, 5.74) is 2.25. The zero-order valence-corrected chi connectivity index (χ0v) is 13.8. The maximum absolute atomic E-state index is 12.5. The van der Waals surface area contributed by atoms with Crippen LogP contribution in [0.25, 0.3) is 11.3 Å². The summed E-state index contributed by atoms with van der Waals surface area (Å²) in [7, 11) is 2.89. The van der Waals surface area contributed by atoms with Crippen molar-refractivity contribution in [2.45, 2.75) is 19.9 Å². The van der Waals surface area contributed by atoms with E-state index >= 15 is 0 Å². The fraction of sp³-hybridized carbons (Fsp3) is 0.312. The second-order valence-electron chi connectivity index (χ2n) is 4.95. The molecule has 22 heavy (non-hydrogen) atoms. The molecule has 1 amide bonds. The standard InChI is InChI=1S/C16H18N2O3S/c1-10(16(20)21-4)18(3)15(19)13-7-5-6-12(8-13)14-9-22-11(2)17-14/h5-10H,1-4H3/t10-/m0/s1. The highest BCUT2D eigenvalue weighted by Gasteiger charge is 2.24. The molecule has 2 aromatic rings. The lowest BCUT2D eigenvalue weighted by Gasteiger charge is -2.23. The fourth-order valence-electron chi connectivity index (χ4n) is 2.02. The number of hydrogen-bond donors (Lipinski definition) is 0. The summed E-state index contributed by atoms with van der Waals surface area (Å²) in [6, 6.07) is 6.61. The second-order valence-corrected chi connectivity index (χ2v) is 6.01. The van der Waals surface area contributed by atoms with Crippen molar-refractivity contribution >= 4 is 23.2 Å². The average molecular weight is 318 g/mol. The molecule has 5 nitrogen and oxygen atoms in total. The number of esters is 1. The van der Waals surface area contributed by atoms with Crippen LogP contribution in [0.15, 0.2) is 29.6 Å². The Labute approximate surface area is 133 Å². The van der Waals surface area contributed by atoms with Gasteiger partial charge in [0.1, 0.15) is 6.04 Å². The van der Waals surface area contributed by atoms with Gasteiger partial charge in [-0.1, -0.05) is 12.1 Å². The number of rotatable bonds is 4. The molecule has 6 heteroatoms. The lowest BCUT2D eigenvalue weighted by molar-refractivity contribution is -0.144. The molecular formula is C16H18N2O3S. The fourth-order valence-corrected chi connectivity index (χ4v) is 2.64. The summed E-state index contributed by atoms with van der Waals surface area (Å²) in [4.78, 5) is 29.8. The first-order valence-corrected chi connectivity index (χ1v) is 7.69. The maximum atomic E-state index is 12.5. The van der Waals surface area contributed by atoms with E-state index in [1.165, 1.54) is 12.0 Å². The van der Waals surface area contributed by atoms with Crippen molar-refractivity contribution < 1.29 is 14.3 Å². The molecule has 0 radical (unpaired) electrons. The van der Waals surface area contributed by atoms with Gasteiger partial charge in [-0.2, -0.15) is 0 Å². The van der Waals surface area contributed by atoms with E-state index in [1.807, 2.05) is 24.4 Å². The summed E-state index contributed by atoms with van der Waals surface area (Å²) in [6.07, 6.45) is 0. The zero-order valence-electron chi connectivity index (χ0n) is 13.0. The number of amides is 1. The van der Waals surface area contributed by atoms with Crippen molar-refractivity contribution in [2.75, 3.05) is 14.2 Å². The Morgan fingerprint density at radius 3 is 2.68 bits per heavy atom. The van der Waals surface area contributed by atoms with Crippen LogP contribution in [0.2, 0.25) is 0 Å². The van der Waals surface area contributed by atoms with E-state index < -0.39 is 12.0 Å². The highest BCUT2D eigenvalue weighted by molar-refractivity contribution is 7.09. The molecule has 0 N–H and O–H groups in total. The number of carbonyl (C=O) groups excluding carboxylic acids is 2. The van der Waals surface area contributed by atoms with Crippen LogP contribution in [0.1, 0.15) is 22.3 Å². The Kier molecular flexibility index (Phi) is 4.92. The van der Waals surface area contributed by atoms with Crippen molar-refractivity contribution in [2.24, 2.45) is 0 Å². The highest BCUT2D eigenvalue weighted by atomic mass is 32.1. The van der Waals surface area contributed by atoms with E-state index in [0.29, 0.717) is 5.56 Å². The zero-order chi connectivity index (χ0) is 16.3. The normalized spacial score (nSPS) is 11.8. The van der Waals surface area contributed by atoms with Gasteiger partial charge in [-0.05, 0) is 26.0 Å². The summed E-state index contributed by atoms with van der Waals surface area (Å²) in [5, 5.41) is 2.93. The molecule has 0 saturated carbocycles. The minimum atomic E-state index is -0.636. The van der Waals surface area contributed by atoms with Gasteiger partial charge in [-0.3, -0.25) is 4.79 Å². The van der Waals surface area contributed by atoms with Crippen LogP contribution in [0.4, 0.5) is 0 Å². The molecule has 1 heterocycles. The molecule has 1 aromatic carbocycles. The van der Waals surface area contributed by atoms with Crippen LogP contribution in [0, 0.1) is 6.92 Å². The van der Waals surface area contributed by atoms with Crippen molar-refractivity contribution in [3.8, 4) is 11.3 Å². The summed E-state index contributed by atoms with van der Waals surface area (Å²) in [5.74, 6) is -0.672. The summed E-state index contributed by atoms with van der Waals surface area (Å²) < 4.78 is 4.67. The first-order chi connectivity index (χ1) is 10.4. The number of nitrogens with zero attached hydrogens (tertiary/aromatic N) is 2. The number of methoxy groups -OCH3 is 1. The van der Waals surface area contributed by atoms with Crippen LogP contribution >= 0.6 is 11.3 Å². The molecule has 116 valence electrons. The molecule has 0 spiro atoms. The third-order valence-electron chi connectivity index (χ3n) is 3.47. The van der Waals surface area contributed by atoms with Gasteiger partial charge in [0.2, 0.25) is 0 Å². The van der Waals surface area contributed by atoms with E-state index in [2.05, 4.69) is 9.72 Å². The predicted octanol–water partition coefficient (Wildman–Crippen LogP) is 2.75. The lowest BCUT2D eigenvalue weighted by Crippen LogP contribution is -2.40. The van der Waals surface area contributed by atoms with Crippen LogP contribution < -0.4 is 0 Å². The number of likely N-dealkylation sites (N-methyl/N-ethyl adjacent to an activating group) is 1. The summed E-state index contributed by atoms with van der Waals surface area (Å²) in [6.45, 7) is 3.58. The second kappa shape index (κ2) is 6.70. The molecule has 2 rings (SSSR count). The van der Waals surface area contributed by atoms with E-state index in [0.717, 1.165) is 16.3 Å². The van der Waals surface area contributed by atoms with Gasteiger partial charge in [0, 0.05) is 23.6 Å². The smallest absolute Gasteiger partial charge is 0.328 e. The molecule has 0 aliphatic rings. The Morgan fingerprint density at radius 2 is 2.09 bits per heavy atom. The van der Waals surface area contributed by atoms with Crippen LogP contribution in [0.3, 0.4) is 0 Å². The van der Waals surface area contributed by atoms with E-state index in [9.17, 15) is 9.59 Å². The maximum Gasteiger partial charge on any atom is 0.328 e. The molecule has 0 bridgehead atoms. The van der Waals surface area contributed by atoms with Crippen molar-refractivity contribution in [3.63, 3.8) is 0 Å². The molecule has 0 fully saturated rings. The number of carbonyl (C=O) groups is 2. The topological polar surface area (TPSA) is 59.5 Å². The van der Waals surface area contributed by atoms with Gasteiger partial charge in [0.05, 0.1) is 17.8 Å². The molecule has 1 atom stereocenters. The van der Waals surface area contributed by atoms with Crippen LogP contribution in [0.5, 0.6) is 0 Å².